The second kappa shape index (κ2) is 6.76. The van der Waals surface area contributed by atoms with E-state index in [4.69, 9.17) is 14.2 Å². The van der Waals surface area contributed by atoms with Crippen molar-refractivity contribution in [1.82, 2.24) is 0 Å². The molecule has 0 aromatic heterocycles. The summed E-state index contributed by atoms with van der Waals surface area (Å²) < 4.78 is 17.9. The van der Waals surface area contributed by atoms with Crippen molar-refractivity contribution in [3.8, 4) is 0 Å². The third kappa shape index (κ3) is 11.7. The second-order valence-corrected chi connectivity index (χ2v) is 9.01. The van der Waals surface area contributed by atoms with Crippen molar-refractivity contribution < 1.29 is 14.2 Å². The van der Waals surface area contributed by atoms with Gasteiger partial charge in [0.25, 0.3) is 0 Å². The molecule has 0 fully saturated rings. The van der Waals surface area contributed by atoms with Gasteiger partial charge in [-0.05, 0) is 62.3 Å². The summed E-state index contributed by atoms with van der Waals surface area (Å²) in [7, 11) is 0. The normalized spacial score (nSPS) is 14.7. The van der Waals surface area contributed by atoms with Gasteiger partial charge >= 0.3 is 0 Å². The summed E-state index contributed by atoms with van der Waals surface area (Å²) in [5.74, 6) is 0. The van der Waals surface area contributed by atoms with Gasteiger partial charge in [-0.2, -0.15) is 0 Å². The van der Waals surface area contributed by atoms with Crippen LogP contribution in [0.5, 0.6) is 0 Å². The van der Waals surface area contributed by atoms with Crippen molar-refractivity contribution in [3.05, 3.63) is 0 Å². The molecule has 0 bridgehead atoms. The maximum atomic E-state index is 5.96. The quantitative estimate of drug-likeness (QED) is 0.723. The number of hydrogen-bond acceptors (Lipinski definition) is 3. The fourth-order valence-corrected chi connectivity index (χ4v) is 1.30. The van der Waals surface area contributed by atoms with Crippen LogP contribution in [0.25, 0.3) is 0 Å². The lowest BCUT2D eigenvalue weighted by Gasteiger charge is -2.36. The van der Waals surface area contributed by atoms with E-state index in [2.05, 4.69) is 69.2 Å². The molecule has 0 aliphatic carbocycles. The molecule has 3 heteroatoms. The summed E-state index contributed by atoms with van der Waals surface area (Å²) in [4.78, 5) is 0. The molecule has 0 atom stereocenters. The molecule has 0 unspecified atom stereocenters. The molecule has 0 saturated carbocycles. The van der Waals surface area contributed by atoms with Crippen LogP contribution in [-0.4, -0.2) is 36.6 Å². The van der Waals surface area contributed by atoms with Crippen LogP contribution in [0, 0.1) is 5.41 Å². The van der Waals surface area contributed by atoms with Crippen LogP contribution < -0.4 is 0 Å². The monoisotopic (exact) mass is 288 g/mol. The molecule has 0 aliphatic heterocycles. The van der Waals surface area contributed by atoms with Gasteiger partial charge in [-0.25, -0.2) is 0 Å². The number of hydrogen-bond donors (Lipinski definition) is 0. The molecule has 0 heterocycles. The maximum absolute atomic E-state index is 5.96. The number of ether oxygens (including phenoxy) is 3. The zero-order valence-corrected chi connectivity index (χ0v) is 15.3. The highest BCUT2D eigenvalue weighted by Gasteiger charge is 2.31. The summed E-state index contributed by atoms with van der Waals surface area (Å²) in [5.41, 5.74) is -0.589. The minimum atomic E-state index is -0.148. The van der Waals surface area contributed by atoms with Crippen LogP contribution in [0.2, 0.25) is 0 Å². The molecule has 0 amide bonds. The first kappa shape index (κ1) is 19.9. The summed E-state index contributed by atoms with van der Waals surface area (Å²) >= 11 is 0. The van der Waals surface area contributed by atoms with Gasteiger partial charge in [0.15, 0.2) is 0 Å². The molecule has 0 aliphatic rings. The lowest BCUT2D eigenvalue weighted by molar-refractivity contribution is -0.141. The van der Waals surface area contributed by atoms with Gasteiger partial charge in [0, 0.05) is 5.41 Å². The maximum Gasteiger partial charge on any atom is 0.0598 e. The van der Waals surface area contributed by atoms with E-state index in [-0.39, 0.29) is 22.2 Å². The molecule has 122 valence electrons. The lowest BCUT2D eigenvalue weighted by Crippen LogP contribution is -2.41. The van der Waals surface area contributed by atoms with Crippen molar-refractivity contribution in [1.29, 1.82) is 0 Å². The Morgan fingerprint density at radius 3 is 0.800 bits per heavy atom. The van der Waals surface area contributed by atoms with Crippen LogP contribution in [0.4, 0.5) is 0 Å². The minimum Gasteiger partial charge on any atom is -0.375 e. The predicted octanol–water partition coefficient (Wildman–Crippen LogP) is 4.44. The fourth-order valence-electron chi connectivity index (χ4n) is 1.30. The van der Waals surface area contributed by atoms with E-state index >= 15 is 0 Å². The van der Waals surface area contributed by atoms with Gasteiger partial charge < -0.3 is 14.2 Å². The molecule has 0 aromatic rings. The van der Waals surface area contributed by atoms with Gasteiger partial charge in [-0.3, -0.25) is 0 Å². The highest BCUT2D eigenvalue weighted by Crippen LogP contribution is 2.26. The van der Waals surface area contributed by atoms with Gasteiger partial charge in [0.05, 0.1) is 36.6 Å². The third-order valence-corrected chi connectivity index (χ3v) is 2.56. The highest BCUT2D eigenvalue weighted by molar-refractivity contribution is 4.78. The molecule has 3 nitrogen and oxygen atoms in total. The average Bonchev–Trinajstić information content (AvgIpc) is 2.18. The Bertz CT molecular complexity index is 231. The second-order valence-electron chi connectivity index (χ2n) is 9.01. The first-order chi connectivity index (χ1) is 8.62. The Hall–Kier alpha value is -0.120. The molecule has 0 saturated heterocycles. The van der Waals surface area contributed by atoms with Crippen molar-refractivity contribution >= 4 is 0 Å². The van der Waals surface area contributed by atoms with Gasteiger partial charge in [-0.1, -0.05) is 6.92 Å². The zero-order chi connectivity index (χ0) is 16.2. The van der Waals surface area contributed by atoms with Crippen LogP contribution >= 0.6 is 0 Å². The molecule has 0 spiro atoms. The molecule has 0 radical (unpaired) electrons. The van der Waals surface area contributed by atoms with E-state index in [1.54, 1.807) is 0 Å². The van der Waals surface area contributed by atoms with E-state index < -0.39 is 0 Å². The average molecular weight is 288 g/mol. The van der Waals surface area contributed by atoms with Crippen LogP contribution in [0.1, 0.15) is 69.2 Å². The Morgan fingerprint density at radius 1 is 0.450 bits per heavy atom. The summed E-state index contributed by atoms with van der Waals surface area (Å²) in [6.45, 7) is 22.7. The number of rotatable bonds is 6. The topological polar surface area (TPSA) is 27.7 Å². The van der Waals surface area contributed by atoms with E-state index in [1.165, 1.54) is 0 Å². The van der Waals surface area contributed by atoms with Gasteiger partial charge in [0.2, 0.25) is 0 Å². The lowest BCUT2D eigenvalue weighted by atomic mass is 9.93. The standard InChI is InChI=1S/C17H36O3/c1-14(2,3)18-11-17(10,12-19-15(4,5)6)13-20-16(7,8)9/h11-13H2,1-10H3. The predicted molar refractivity (Wildman–Crippen MR) is 85.2 cm³/mol. The fraction of sp³-hybridized carbons (Fsp3) is 1.00. The van der Waals surface area contributed by atoms with Crippen molar-refractivity contribution in [2.45, 2.75) is 86.0 Å². The molecule has 0 N–H and O–H groups in total. The third-order valence-electron chi connectivity index (χ3n) is 2.56. The molecular formula is C17H36O3. The Labute approximate surface area is 126 Å². The van der Waals surface area contributed by atoms with Crippen molar-refractivity contribution in [2.75, 3.05) is 19.8 Å². The minimum absolute atomic E-state index is 0.145. The van der Waals surface area contributed by atoms with Crippen molar-refractivity contribution in [3.63, 3.8) is 0 Å². The molecule has 20 heavy (non-hydrogen) atoms. The highest BCUT2D eigenvalue weighted by atomic mass is 16.5. The summed E-state index contributed by atoms with van der Waals surface area (Å²) in [6, 6.07) is 0. The van der Waals surface area contributed by atoms with E-state index in [1.807, 2.05) is 0 Å². The largest absolute Gasteiger partial charge is 0.375 e. The Balaban J connectivity index is 4.66. The Morgan fingerprint density at radius 2 is 0.650 bits per heavy atom. The summed E-state index contributed by atoms with van der Waals surface area (Å²) in [5, 5.41) is 0. The first-order valence-electron chi connectivity index (χ1n) is 7.54. The molecular weight excluding hydrogens is 252 g/mol. The van der Waals surface area contributed by atoms with E-state index in [9.17, 15) is 0 Å². The smallest absolute Gasteiger partial charge is 0.0598 e. The summed E-state index contributed by atoms with van der Waals surface area (Å²) in [6.07, 6.45) is 0. The molecule has 0 aromatic carbocycles. The first-order valence-corrected chi connectivity index (χ1v) is 7.54. The zero-order valence-electron chi connectivity index (χ0n) is 15.3. The Kier molecular flexibility index (Phi) is 6.72. The van der Waals surface area contributed by atoms with Gasteiger partial charge in [-0.15, -0.1) is 0 Å². The SMILES string of the molecule is CC(COC(C)(C)C)(COC(C)(C)C)COC(C)(C)C. The van der Waals surface area contributed by atoms with E-state index in [0.717, 1.165) is 0 Å². The molecule has 0 rings (SSSR count). The van der Waals surface area contributed by atoms with E-state index in [0.29, 0.717) is 19.8 Å². The van der Waals surface area contributed by atoms with Gasteiger partial charge in [0.1, 0.15) is 0 Å². The van der Waals surface area contributed by atoms with Crippen molar-refractivity contribution in [2.24, 2.45) is 5.41 Å². The van der Waals surface area contributed by atoms with Crippen LogP contribution in [0.3, 0.4) is 0 Å². The van der Waals surface area contributed by atoms with Crippen LogP contribution in [0.15, 0.2) is 0 Å². The van der Waals surface area contributed by atoms with Crippen LogP contribution in [-0.2, 0) is 14.2 Å².